The maximum Gasteiger partial charge on any atom is 0.316 e. The van der Waals surface area contributed by atoms with Crippen LogP contribution in [-0.4, -0.2) is 30.8 Å². The molecule has 0 atom stereocenters. The van der Waals surface area contributed by atoms with Gasteiger partial charge in [-0.15, -0.1) is 0 Å². The molecule has 2 aromatic rings. The zero-order valence-corrected chi connectivity index (χ0v) is 14.9. The largest absolute Gasteiger partial charge is 0.399 e. The van der Waals surface area contributed by atoms with E-state index in [1.165, 1.54) is 31.4 Å². The van der Waals surface area contributed by atoms with Gasteiger partial charge in [0.15, 0.2) is 0 Å². The summed E-state index contributed by atoms with van der Waals surface area (Å²) in [6, 6.07) is 13.4. The molecular weight excluding hydrogens is 344 g/mol. The number of imide groups is 1. The summed E-state index contributed by atoms with van der Waals surface area (Å²) in [7, 11) is 0. The lowest BCUT2D eigenvalue weighted by Crippen LogP contribution is -2.39. The monoisotopic (exact) mass is 366 g/mol. The Morgan fingerprint density at radius 2 is 1.44 bits per heavy atom. The summed E-state index contributed by atoms with van der Waals surface area (Å²) < 4.78 is 0. The average molecular weight is 366 g/mol. The van der Waals surface area contributed by atoms with Crippen LogP contribution in [0.3, 0.4) is 0 Å². The van der Waals surface area contributed by atoms with Crippen LogP contribution in [0.15, 0.2) is 48.5 Å². The van der Waals surface area contributed by atoms with Gasteiger partial charge in [0.2, 0.25) is 0 Å². The van der Waals surface area contributed by atoms with Crippen LogP contribution in [-0.2, 0) is 9.59 Å². The molecule has 7 heteroatoms. The Balaban J connectivity index is 1.55. The molecule has 3 amide bonds. The molecule has 3 rings (SSSR count). The van der Waals surface area contributed by atoms with Gasteiger partial charge >= 0.3 is 11.8 Å². The van der Waals surface area contributed by atoms with Gasteiger partial charge in [-0.25, -0.2) is 0 Å². The minimum atomic E-state index is -1.02. The van der Waals surface area contributed by atoms with Crippen molar-refractivity contribution in [3.05, 3.63) is 54.1 Å². The van der Waals surface area contributed by atoms with Gasteiger partial charge in [-0.3, -0.25) is 19.7 Å². The van der Waals surface area contributed by atoms with Gasteiger partial charge < -0.3 is 16.0 Å². The van der Waals surface area contributed by atoms with Crippen LogP contribution in [0.1, 0.15) is 29.6 Å². The topological polar surface area (TPSA) is 105 Å². The molecule has 27 heavy (non-hydrogen) atoms. The molecule has 4 N–H and O–H groups in total. The van der Waals surface area contributed by atoms with Crippen LogP contribution >= 0.6 is 0 Å². The average Bonchev–Trinajstić information content (AvgIpc) is 2.69. The number of hydrogen-bond acceptors (Lipinski definition) is 5. The number of nitrogens with one attached hydrogen (secondary N) is 2. The number of nitrogens with two attached hydrogens (primary N) is 1. The first-order chi connectivity index (χ1) is 13.0. The first-order valence-electron chi connectivity index (χ1n) is 8.90. The van der Waals surface area contributed by atoms with E-state index >= 15 is 0 Å². The summed E-state index contributed by atoms with van der Waals surface area (Å²) in [5.74, 6) is -2.57. The van der Waals surface area contributed by atoms with Crippen LogP contribution in [0, 0.1) is 0 Å². The fourth-order valence-corrected chi connectivity index (χ4v) is 2.96. The lowest BCUT2D eigenvalue weighted by molar-refractivity contribution is -0.135. The van der Waals surface area contributed by atoms with Gasteiger partial charge in [-0.05, 0) is 67.8 Å². The summed E-state index contributed by atoms with van der Waals surface area (Å²) in [5.41, 5.74) is 7.89. The number of nitrogen functional groups attached to an aromatic ring is 1. The van der Waals surface area contributed by atoms with E-state index in [4.69, 9.17) is 5.73 Å². The van der Waals surface area contributed by atoms with Crippen LogP contribution in [0.25, 0.3) is 0 Å². The highest BCUT2D eigenvalue weighted by Gasteiger charge is 2.18. The van der Waals surface area contributed by atoms with Gasteiger partial charge in [0.1, 0.15) is 0 Å². The van der Waals surface area contributed by atoms with Crippen LogP contribution in [0.4, 0.5) is 17.1 Å². The fourth-order valence-electron chi connectivity index (χ4n) is 2.96. The zero-order chi connectivity index (χ0) is 19.2. The molecule has 1 saturated heterocycles. The number of amides is 3. The lowest BCUT2D eigenvalue weighted by Gasteiger charge is -2.28. The van der Waals surface area contributed by atoms with Gasteiger partial charge in [-0.1, -0.05) is 0 Å². The second-order valence-corrected chi connectivity index (χ2v) is 6.45. The molecule has 0 aliphatic carbocycles. The normalized spacial score (nSPS) is 13.7. The summed E-state index contributed by atoms with van der Waals surface area (Å²) in [5, 5.41) is 4.56. The third kappa shape index (κ3) is 4.84. The van der Waals surface area contributed by atoms with Gasteiger partial charge in [0, 0.05) is 35.7 Å². The summed E-state index contributed by atoms with van der Waals surface area (Å²) in [6.45, 7) is 2.06. The second kappa shape index (κ2) is 8.35. The standard InChI is InChI=1S/C20H22N4O3/c21-15-6-4-14(5-7-15)18(25)23-20(27)19(26)22-16-8-10-17(11-9-16)24-12-2-1-3-13-24/h4-11H,1-3,12-13,21H2,(H,22,26)(H,23,25,27). The van der Waals surface area contributed by atoms with E-state index < -0.39 is 17.7 Å². The Bertz CT molecular complexity index is 825. The number of piperidine rings is 1. The molecular formula is C20H22N4O3. The summed E-state index contributed by atoms with van der Waals surface area (Å²) >= 11 is 0. The molecule has 1 heterocycles. The highest BCUT2D eigenvalue weighted by molar-refractivity contribution is 6.42. The zero-order valence-electron chi connectivity index (χ0n) is 14.9. The van der Waals surface area contributed by atoms with E-state index in [1.807, 2.05) is 12.1 Å². The quantitative estimate of drug-likeness (QED) is 0.570. The van der Waals surface area contributed by atoms with Gasteiger partial charge in [0.05, 0.1) is 0 Å². The Morgan fingerprint density at radius 1 is 0.815 bits per heavy atom. The summed E-state index contributed by atoms with van der Waals surface area (Å²) in [4.78, 5) is 38.2. The number of anilines is 3. The first kappa shape index (κ1) is 18.4. The molecule has 0 radical (unpaired) electrons. The molecule has 0 aromatic heterocycles. The first-order valence-corrected chi connectivity index (χ1v) is 8.90. The molecule has 0 unspecified atom stereocenters. The second-order valence-electron chi connectivity index (χ2n) is 6.45. The third-order valence-electron chi connectivity index (χ3n) is 4.45. The number of benzene rings is 2. The highest BCUT2D eigenvalue weighted by Crippen LogP contribution is 2.21. The van der Waals surface area contributed by atoms with Crippen LogP contribution in [0.2, 0.25) is 0 Å². The van der Waals surface area contributed by atoms with E-state index in [0.717, 1.165) is 18.8 Å². The molecule has 1 fully saturated rings. The number of nitrogens with zero attached hydrogens (tertiary/aromatic N) is 1. The maximum absolute atomic E-state index is 12.0. The van der Waals surface area contributed by atoms with E-state index in [2.05, 4.69) is 15.5 Å². The SMILES string of the molecule is Nc1ccc(C(=O)NC(=O)C(=O)Nc2ccc(N3CCCCC3)cc2)cc1. The number of rotatable bonds is 3. The third-order valence-corrected chi connectivity index (χ3v) is 4.45. The Hall–Kier alpha value is -3.35. The molecule has 1 aliphatic rings. The fraction of sp³-hybridized carbons (Fsp3) is 0.250. The Labute approximate surface area is 157 Å². The van der Waals surface area contributed by atoms with Crippen molar-refractivity contribution in [1.82, 2.24) is 5.32 Å². The molecule has 7 nitrogen and oxygen atoms in total. The molecule has 0 spiro atoms. The van der Waals surface area contributed by atoms with Gasteiger partial charge in [-0.2, -0.15) is 0 Å². The van der Waals surface area contributed by atoms with Crippen molar-refractivity contribution in [3.8, 4) is 0 Å². The number of hydrogen-bond donors (Lipinski definition) is 3. The van der Waals surface area contributed by atoms with Crippen molar-refractivity contribution in [2.75, 3.05) is 29.0 Å². The summed E-state index contributed by atoms with van der Waals surface area (Å²) in [6.07, 6.45) is 3.62. The predicted molar refractivity (Wildman–Crippen MR) is 104 cm³/mol. The highest BCUT2D eigenvalue weighted by atomic mass is 16.2. The van der Waals surface area contributed by atoms with E-state index in [1.54, 1.807) is 24.3 Å². The van der Waals surface area contributed by atoms with E-state index in [9.17, 15) is 14.4 Å². The Kier molecular flexibility index (Phi) is 5.71. The minimum Gasteiger partial charge on any atom is -0.399 e. The number of carbonyl (C=O) groups excluding carboxylic acids is 3. The lowest BCUT2D eigenvalue weighted by atomic mass is 10.1. The van der Waals surface area contributed by atoms with Crippen molar-refractivity contribution >= 4 is 34.8 Å². The predicted octanol–water partition coefficient (Wildman–Crippen LogP) is 2.15. The molecule has 2 aromatic carbocycles. The molecule has 0 bridgehead atoms. The van der Waals surface area contributed by atoms with Crippen LogP contribution < -0.4 is 21.3 Å². The van der Waals surface area contributed by atoms with Crippen molar-refractivity contribution in [1.29, 1.82) is 0 Å². The van der Waals surface area contributed by atoms with Crippen molar-refractivity contribution in [3.63, 3.8) is 0 Å². The molecule has 1 aliphatic heterocycles. The van der Waals surface area contributed by atoms with E-state index in [0.29, 0.717) is 11.4 Å². The minimum absolute atomic E-state index is 0.247. The van der Waals surface area contributed by atoms with E-state index in [-0.39, 0.29) is 5.56 Å². The smallest absolute Gasteiger partial charge is 0.316 e. The van der Waals surface area contributed by atoms with Crippen molar-refractivity contribution in [2.45, 2.75) is 19.3 Å². The Morgan fingerprint density at radius 3 is 2.07 bits per heavy atom. The van der Waals surface area contributed by atoms with Crippen molar-refractivity contribution < 1.29 is 14.4 Å². The van der Waals surface area contributed by atoms with Crippen molar-refractivity contribution in [2.24, 2.45) is 0 Å². The number of carbonyl (C=O) groups is 3. The maximum atomic E-state index is 12.0. The molecule has 140 valence electrons. The van der Waals surface area contributed by atoms with Crippen LogP contribution in [0.5, 0.6) is 0 Å². The molecule has 0 saturated carbocycles. The van der Waals surface area contributed by atoms with Gasteiger partial charge in [0.25, 0.3) is 5.91 Å².